The van der Waals surface area contributed by atoms with Crippen LogP contribution in [0, 0.1) is 0 Å². The zero-order chi connectivity index (χ0) is 13.9. The number of hydrogen-bond donors (Lipinski definition) is 3. The van der Waals surface area contributed by atoms with Crippen molar-refractivity contribution in [2.45, 2.75) is 18.8 Å². The third-order valence-electron chi connectivity index (χ3n) is 3.87. The van der Waals surface area contributed by atoms with Gasteiger partial charge in [-0.1, -0.05) is 24.3 Å². The molecule has 5 N–H and O–H groups in total. The number of anilines is 2. The molecule has 20 heavy (non-hydrogen) atoms. The first-order valence-corrected chi connectivity index (χ1v) is 6.93. The molecule has 1 aliphatic rings. The second-order valence-corrected chi connectivity index (χ2v) is 5.17. The van der Waals surface area contributed by atoms with E-state index in [2.05, 4.69) is 39.6 Å². The molecule has 1 fully saturated rings. The molecule has 0 bridgehead atoms. The van der Waals surface area contributed by atoms with Crippen LogP contribution in [0.5, 0.6) is 0 Å². The van der Waals surface area contributed by atoms with E-state index in [0.717, 1.165) is 24.2 Å². The number of nitrogens with two attached hydrogens (primary N) is 2. The molecule has 0 aliphatic carbocycles. The van der Waals surface area contributed by atoms with Crippen LogP contribution in [0.4, 0.5) is 11.8 Å². The Morgan fingerprint density at radius 1 is 1.05 bits per heavy atom. The highest BCUT2D eigenvalue weighted by atomic mass is 15.0. The summed E-state index contributed by atoms with van der Waals surface area (Å²) < 4.78 is 0. The van der Waals surface area contributed by atoms with Gasteiger partial charge in [-0.3, -0.25) is 0 Å². The van der Waals surface area contributed by atoms with E-state index in [1.807, 2.05) is 0 Å². The molecule has 0 unspecified atom stereocenters. The van der Waals surface area contributed by atoms with Gasteiger partial charge in [0, 0.05) is 11.8 Å². The average Bonchev–Trinajstić information content (AvgIpc) is 2.48. The molecule has 0 spiro atoms. The van der Waals surface area contributed by atoms with Gasteiger partial charge in [0.2, 0.25) is 5.95 Å². The Labute approximate surface area is 118 Å². The standard InChI is InChI=1S/C15H19N5/c16-14-13(9-19-15(17)20-14)12-3-1-10(2-4-12)11-5-7-18-8-6-11/h1-4,9,11,18H,5-8H2,(H4,16,17,19,20). The van der Waals surface area contributed by atoms with Crippen LogP contribution in [0.25, 0.3) is 11.1 Å². The predicted molar refractivity (Wildman–Crippen MR) is 81.1 cm³/mol. The van der Waals surface area contributed by atoms with E-state index in [9.17, 15) is 0 Å². The van der Waals surface area contributed by atoms with Crippen molar-refractivity contribution in [1.82, 2.24) is 15.3 Å². The van der Waals surface area contributed by atoms with Crippen molar-refractivity contribution in [2.24, 2.45) is 0 Å². The van der Waals surface area contributed by atoms with E-state index in [1.165, 1.54) is 18.4 Å². The van der Waals surface area contributed by atoms with Crippen LogP contribution in [0.15, 0.2) is 30.5 Å². The van der Waals surface area contributed by atoms with Gasteiger partial charge in [0.15, 0.2) is 0 Å². The molecule has 1 aromatic heterocycles. The lowest BCUT2D eigenvalue weighted by Gasteiger charge is -2.23. The largest absolute Gasteiger partial charge is 0.383 e. The Balaban J connectivity index is 1.85. The first-order chi connectivity index (χ1) is 9.74. The van der Waals surface area contributed by atoms with Gasteiger partial charge in [-0.15, -0.1) is 0 Å². The van der Waals surface area contributed by atoms with Gasteiger partial charge in [-0.05, 0) is 43.0 Å². The summed E-state index contributed by atoms with van der Waals surface area (Å²) in [6.07, 6.45) is 4.08. The van der Waals surface area contributed by atoms with E-state index < -0.39 is 0 Å². The Hall–Kier alpha value is -2.14. The van der Waals surface area contributed by atoms with Crippen LogP contribution in [0.2, 0.25) is 0 Å². The first kappa shape index (κ1) is 12.9. The average molecular weight is 269 g/mol. The summed E-state index contributed by atoms with van der Waals surface area (Å²) in [5, 5.41) is 3.39. The third kappa shape index (κ3) is 2.58. The van der Waals surface area contributed by atoms with E-state index in [-0.39, 0.29) is 5.95 Å². The minimum absolute atomic E-state index is 0.206. The number of piperidine rings is 1. The molecule has 0 saturated carbocycles. The zero-order valence-corrected chi connectivity index (χ0v) is 11.3. The normalized spacial score (nSPS) is 16.2. The van der Waals surface area contributed by atoms with Gasteiger partial charge in [-0.2, -0.15) is 4.98 Å². The molecule has 2 heterocycles. The van der Waals surface area contributed by atoms with Crippen LogP contribution >= 0.6 is 0 Å². The van der Waals surface area contributed by atoms with Gasteiger partial charge in [0.1, 0.15) is 5.82 Å². The Morgan fingerprint density at radius 3 is 2.40 bits per heavy atom. The van der Waals surface area contributed by atoms with Gasteiger partial charge in [0.25, 0.3) is 0 Å². The summed E-state index contributed by atoms with van der Waals surface area (Å²) in [5.74, 6) is 1.29. The molecule has 1 aromatic carbocycles. The molecule has 5 nitrogen and oxygen atoms in total. The lowest BCUT2D eigenvalue weighted by molar-refractivity contribution is 0.460. The van der Waals surface area contributed by atoms with Crippen LogP contribution < -0.4 is 16.8 Å². The number of nitrogens with one attached hydrogen (secondary N) is 1. The van der Waals surface area contributed by atoms with Crippen LogP contribution in [0.1, 0.15) is 24.3 Å². The maximum absolute atomic E-state index is 5.89. The SMILES string of the molecule is Nc1ncc(-c2ccc(C3CCNCC3)cc2)c(N)n1. The van der Waals surface area contributed by atoms with Gasteiger partial charge < -0.3 is 16.8 Å². The third-order valence-corrected chi connectivity index (χ3v) is 3.87. The van der Waals surface area contributed by atoms with E-state index in [0.29, 0.717) is 11.7 Å². The van der Waals surface area contributed by atoms with E-state index in [4.69, 9.17) is 11.5 Å². The van der Waals surface area contributed by atoms with Crippen molar-refractivity contribution in [1.29, 1.82) is 0 Å². The molecular weight excluding hydrogens is 250 g/mol. The smallest absolute Gasteiger partial charge is 0.221 e. The summed E-state index contributed by atoms with van der Waals surface area (Å²) in [4.78, 5) is 8.01. The Morgan fingerprint density at radius 2 is 1.75 bits per heavy atom. The summed E-state index contributed by atoms with van der Waals surface area (Å²) in [6.45, 7) is 2.20. The maximum Gasteiger partial charge on any atom is 0.221 e. The number of hydrogen-bond acceptors (Lipinski definition) is 5. The fourth-order valence-corrected chi connectivity index (χ4v) is 2.72. The molecule has 5 heteroatoms. The molecular formula is C15H19N5. The monoisotopic (exact) mass is 269 g/mol. The second kappa shape index (κ2) is 5.46. The Bertz CT molecular complexity index is 588. The molecule has 2 aromatic rings. The number of nitrogens with zero attached hydrogens (tertiary/aromatic N) is 2. The number of nitrogen functional groups attached to an aromatic ring is 2. The number of aromatic nitrogens is 2. The van der Waals surface area contributed by atoms with E-state index >= 15 is 0 Å². The molecule has 3 rings (SSSR count). The van der Waals surface area contributed by atoms with Crippen molar-refractivity contribution in [3.05, 3.63) is 36.0 Å². The van der Waals surface area contributed by atoms with Crippen molar-refractivity contribution in [2.75, 3.05) is 24.6 Å². The fourth-order valence-electron chi connectivity index (χ4n) is 2.72. The topological polar surface area (TPSA) is 89.8 Å². The van der Waals surface area contributed by atoms with E-state index in [1.54, 1.807) is 6.20 Å². The van der Waals surface area contributed by atoms with Crippen molar-refractivity contribution < 1.29 is 0 Å². The lowest BCUT2D eigenvalue weighted by atomic mass is 9.89. The zero-order valence-electron chi connectivity index (χ0n) is 11.3. The summed E-state index contributed by atoms with van der Waals surface area (Å²) in [6, 6.07) is 8.54. The summed E-state index contributed by atoms with van der Waals surface area (Å²) in [5.41, 5.74) is 14.7. The van der Waals surface area contributed by atoms with Gasteiger partial charge >= 0.3 is 0 Å². The van der Waals surface area contributed by atoms with Gasteiger partial charge in [0.05, 0.1) is 0 Å². The van der Waals surface area contributed by atoms with Crippen molar-refractivity contribution in [3.8, 4) is 11.1 Å². The van der Waals surface area contributed by atoms with Crippen molar-refractivity contribution >= 4 is 11.8 Å². The second-order valence-electron chi connectivity index (χ2n) is 5.17. The maximum atomic E-state index is 5.89. The van der Waals surface area contributed by atoms with Crippen LogP contribution in [-0.4, -0.2) is 23.1 Å². The number of rotatable bonds is 2. The highest BCUT2D eigenvalue weighted by Crippen LogP contribution is 2.29. The molecule has 0 radical (unpaired) electrons. The quantitative estimate of drug-likeness (QED) is 0.773. The predicted octanol–water partition coefficient (Wildman–Crippen LogP) is 1.77. The highest BCUT2D eigenvalue weighted by Gasteiger charge is 2.15. The summed E-state index contributed by atoms with van der Waals surface area (Å²) >= 11 is 0. The molecule has 1 saturated heterocycles. The molecule has 0 amide bonds. The van der Waals surface area contributed by atoms with Gasteiger partial charge in [-0.25, -0.2) is 4.98 Å². The van der Waals surface area contributed by atoms with Crippen LogP contribution in [0.3, 0.4) is 0 Å². The van der Waals surface area contributed by atoms with Crippen LogP contribution in [-0.2, 0) is 0 Å². The summed E-state index contributed by atoms with van der Waals surface area (Å²) in [7, 11) is 0. The number of benzene rings is 1. The highest BCUT2D eigenvalue weighted by molar-refractivity contribution is 5.73. The lowest BCUT2D eigenvalue weighted by Crippen LogP contribution is -2.26. The Kier molecular flexibility index (Phi) is 3.52. The fraction of sp³-hybridized carbons (Fsp3) is 0.333. The van der Waals surface area contributed by atoms with Crippen molar-refractivity contribution in [3.63, 3.8) is 0 Å². The minimum atomic E-state index is 0.206. The minimum Gasteiger partial charge on any atom is -0.383 e. The molecule has 1 aliphatic heterocycles. The first-order valence-electron chi connectivity index (χ1n) is 6.93. The molecule has 104 valence electrons. The molecule has 0 atom stereocenters.